The second kappa shape index (κ2) is 5.43. The molecule has 1 saturated heterocycles. The molecule has 19 heavy (non-hydrogen) atoms. The first-order valence-corrected chi connectivity index (χ1v) is 6.55. The Balaban J connectivity index is 2.02. The molecule has 0 spiro atoms. The Morgan fingerprint density at radius 2 is 2.16 bits per heavy atom. The fraction of sp³-hybridized carbons (Fsp3) is 0.467. The van der Waals surface area contributed by atoms with E-state index in [2.05, 4.69) is 37.4 Å². The van der Waals surface area contributed by atoms with Gasteiger partial charge in [0.2, 0.25) is 11.8 Å². The summed E-state index contributed by atoms with van der Waals surface area (Å²) in [5.74, 6) is -0.195. The third kappa shape index (κ3) is 3.13. The van der Waals surface area contributed by atoms with Crippen LogP contribution in [-0.2, 0) is 16.1 Å². The quantitative estimate of drug-likeness (QED) is 0.893. The van der Waals surface area contributed by atoms with Crippen LogP contribution in [0.25, 0.3) is 0 Å². The third-order valence-electron chi connectivity index (χ3n) is 3.61. The molecule has 0 saturated carbocycles. The van der Waals surface area contributed by atoms with E-state index in [1.165, 1.54) is 11.1 Å². The second-order valence-corrected chi connectivity index (χ2v) is 5.33. The van der Waals surface area contributed by atoms with Crippen molar-refractivity contribution in [2.24, 2.45) is 5.92 Å². The van der Waals surface area contributed by atoms with E-state index in [0.717, 1.165) is 5.56 Å². The highest BCUT2D eigenvalue weighted by Gasteiger charge is 2.30. The van der Waals surface area contributed by atoms with Crippen molar-refractivity contribution >= 4 is 11.8 Å². The van der Waals surface area contributed by atoms with Crippen molar-refractivity contribution in [3.8, 4) is 0 Å². The Labute approximate surface area is 113 Å². The van der Waals surface area contributed by atoms with Crippen molar-refractivity contribution in [3.05, 3.63) is 34.9 Å². The van der Waals surface area contributed by atoms with E-state index >= 15 is 0 Å². The lowest BCUT2D eigenvalue weighted by Crippen LogP contribution is -2.33. The van der Waals surface area contributed by atoms with Crippen LogP contribution in [0.4, 0.5) is 0 Å². The zero-order chi connectivity index (χ0) is 14.0. The van der Waals surface area contributed by atoms with Gasteiger partial charge in [0.05, 0.1) is 5.92 Å². The molecule has 102 valence electrons. The van der Waals surface area contributed by atoms with Gasteiger partial charge in [-0.05, 0) is 25.0 Å². The molecule has 1 unspecified atom stereocenters. The van der Waals surface area contributed by atoms with Crippen molar-refractivity contribution in [1.29, 1.82) is 0 Å². The predicted molar refractivity (Wildman–Crippen MR) is 73.5 cm³/mol. The van der Waals surface area contributed by atoms with Gasteiger partial charge in [-0.25, -0.2) is 0 Å². The van der Waals surface area contributed by atoms with Crippen LogP contribution in [0.3, 0.4) is 0 Å². The number of carbonyl (C=O) groups is 2. The zero-order valence-electron chi connectivity index (χ0n) is 11.7. The Morgan fingerprint density at radius 1 is 1.42 bits per heavy atom. The molecule has 0 aromatic heterocycles. The molecule has 1 aliphatic rings. The van der Waals surface area contributed by atoms with Gasteiger partial charge in [-0.2, -0.15) is 0 Å². The van der Waals surface area contributed by atoms with Gasteiger partial charge in [-0.3, -0.25) is 9.59 Å². The van der Waals surface area contributed by atoms with E-state index in [-0.39, 0.29) is 17.7 Å². The molecule has 1 atom stereocenters. The van der Waals surface area contributed by atoms with E-state index < -0.39 is 0 Å². The summed E-state index contributed by atoms with van der Waals surface area (Å²) in [6, 6.07) is 6.24. The van der Waals surface area contributed by atoms with Gasteiger partial charge in [0.15, 0.2) is 0 Å². The van der Waals surface area contributed by atoms with Crippen molar-refractivity contribution < 1.29 is 9.59 Å². The fourth-order valence-corrected chi connectivity index (χ4v) is 2.45. The van der Waals surface area contributed by atoms with Gasteiger partial charge >= 0.3 is 0 Å². The molecule has 1 fully saturated rings. The van der Waals surface area contributed by atoms with Crippen LogP contribution >= 0.6 is 0 Å². The van der Waals surface area contributed by atoms with E-state index in [4.69, 9.17) is 0 Å². The smallest absolute Gasteiger partial charge is 0.228 e. The number of nitrogens with zero attached hydrogens (tertiary/aromatic N) is 1. The normalized spacial score (nSPS) is 18.3. The van der Waals surface area contributed by atoms with Gasteiger partial charge in [0.25, 0.3) is 0 Å². The number of hydrogen-bond donors (Lipinski definition) is 1. The third-order valence-corrected chi connectivity index (χ3v) is 3.61. The minimum absolute atomic E-state index is 0.0294. The van der Waals surface area contributed by atoms with Crippen LogP contribution in [0.2, 0.25) is 0 Å². The second-order valence-electron chi connectivity index (χ2n) is 5.33. The monoisotopic (exact) mass is 260 g/mol. The van der Waals surface area contributed by atoms with Crippen molar-refractivity contribution in [3.63, 3.8) is 0 Å². The summed E-state index contributed by atoms with van der Waals surface area (Å²) in [6.07, 6.45) is 0.316. The van der Waals surface area contributed by atoms with Gasteiger partial charge < -0.3 is 10.2 Å². The van der Waals surface area contributed by atoms with Gasteiger partial charge in [-0.1, -0.05) is 23.8 Å². The highest BCUT2D eigenvalue weighted by molar-refractivity contribution is 5.89. The molecule has 1 N–H and O–H groups in total. The largest absolute Gasteiger partial charge is 0.355 e. The first-order chi connectivity index (χ1) is 8.97. The zero-order valence-corrected chi connectivity index (χ0v) is 11.7. The minimum atomic E-state index is -0.205. The number of nitrogens with one attached hydrogen (secondary N) is 1. The Kier molecular flexibility index (Phi) is 3.88. The average Bonchev–Trinajstić information content (AvgIpc) is 2.78. The van der Waals surface area contributed by atoms with Crippen molar-refractivity contribution in [2.45, 2.75) is 26.8 Å². The summed E-state index contributed by atoms with van der Waals surface area (Å²) in [5.41, 5.74) is 3.57. The van der Waals surface area contributed by atoms with E-state index in [1.807, 2.05) is 0 Å². The first-order valence-electron chi connectivity index (χ1n) is 6.55. The highest BCUT2D eigenvalue weighted by Crippen LogP contribution is 2.16. The Morgan fingerprint density at radius 3 is 2.74 bits per heavy atom. The van der Waals surface area contributed by atoms with Crippen LogP contribution in [0.5, 0.6) is 0 Å². The highest BCUT2D eigenvalue weighted by atomic mass is 16.2. The van der Waals surface area contributed by atoms with Crippen LogP contribution < -0.4 is 5.32 Å². The Hall–Kier alpha value is -1.84. The number of carbonyl (C=O) groups excluding carboxylic acids is 2. The molecule has 1 heterocycles. The lowest BCUT2D eigenvalue weighted by Gasteiger charge is -2.21. The summed E-state index contributed by atoms with van der Waals surface area (Å²) < 4.78 is 0. The molecule has 0 radical (unpaired) electrons. The number of aryl methyl sites for hydroxylation is 2. The summed E-state index contributed by atoms with van der Waals surface area (Å²) >= 11 is 0. The standard InChI is InChI=1S/C15H20N2O2/c1-10-4-5-12(11(2)6-10)9-17(3)15(19)13-7-14(18)16-8-13/h4-6,13H,7-9H2,1-3H3,(H,16,18). The summed E-state index contributed by atoms with van der Waals surface area (Å²) in [7, 11) is 1.80. The molecule has 4 heteroatoms. The maximum atomic E-state index is 12.2. The van der Waals surface area contributed by atoms with Gasteiger partial charge in [0.1, 0.15) is 0 Å². The van der Waals surface area contributed by atoms with Crippen molar-refractivity contribution in [2.75, 3.05) is 13.6 Å². The number of hydrogen-bond acceptors (Lipinski definition) is 2. The molecule has 2 amide bonds. The minimum Gasteiger partial charge on any atom is -0.355 e. The molecule has 0 bridgehead atoms. The van der Waals surface area contributed by atoms with E-state index in [0.29, 0.717) is 19.5 Å². The molecule has 4 nitrogen and oxygen atoms in total. The predicted octanol–water partition coefficient (Wildman–Crippen LogP) is 1.40. The van der Waals surface area contributed by atoms with E-state index in [1.54, 1.807) is 11.9 Å². The van der Waals surface area contributed by atoms with Crippen LogP contribution in [0.15, 0.2) is 18.2 Å². The SMILES string of the molecule is Cc1ccc(CN(C)C(=O)C2CNC(=O)C2)c(C)c1. The average molecular weight is 260 g/mol. The molecule has 2 rings (SSSR count). The number of amides is 2. The fourth-order valence-electron chi connectivity index (χ4n) is 2.45. The molecule has 0 aliphatic carbocycles. The summed E-state index contributed by atoms with van der Waals surface area (Å²) in [4.78, 5) is 25.1. The first kappa shape index (κ1) is 13.6. The molecule has 1 aliphatic heterocycles. The molecular weight excluding hydrogens is 240 g/mol. The maximum Gasteiger partial charge on any atom is 0.228 e. The maximum absolute atomic E-state index is 12.2. The lowest BCUT2D eigenvalue weighted by molar-refractivity contribution is -0.135. The van der Waals surface area contributed by atoms with Crippen LogP contribution in [0.1, 0.15) is 23.1 Å². The van der Waals surface area contributed by atoms with Gasteiger partial charge in [0, 0.05) is 26.6 Å². The molecule has 1 aromatic carbocycles. The van der Waals surface area contributed by atoms with E-state index in [9.17, 15) is 9.59 Å². The molecular formula is C15H20N2O2. The number of rotatable bonds is 3. The van der Waals surface area contributed by atoms with Crippen LogP contribution in [-0.4, -0.2) is 30.3 Å². The lowest BCUT2D eigenvalue weighted by atomic mass is 10.0. The molecule has 1 aromatic rings. The summed E-state index contributed by atoms with van der Waals surface area (Å²) in [6.45, 7) is 5.17. The Bertz CT molecular complexity index is 511. The van der Waals surface area contributed by atoms with Gasteiger partial charge in [-0.15, -0.1) is 0 Å². The van der Waals surface area contributed by atoms with Crippen molar-refractivity contribution in [1.82, 2.24) is 10.2 Å². The summed E-state index contributed by atoms with van der Waals surface area (Å²) in [5, 5.41) is 2.70. The van der Waals surface area contributed by atoms with Crippen LogP contribution in [0, 0.1) is 19.8 Å². The topological polar surface area (TPSA) is 49.4 Å². The number of benzene rings is 1.